The first-order valence-electron chi connectivity index (χ1n) is 9.34. The van der Waals surface area contributed by atoms with Gasteiger partial charge < -0.3 is 4.74 Å². The molecule has 1 aromatic carbocycles. The topological polar surface area (TPSA) is 9.23 Å². The van der Waals surface area contributed by atoms with E-state index < -0.39 is 18.7 Å². The Morgan fingerprint density at radius 1 is 0.885 bits per heavy atom. The van der Waals surface area contributed by atoms with Gasteiger partial charge in [0.25, 0.3) is 0 Å². The largest absolute Gasteiger partial charge is 0.397 e. The number of benzene rings is 1. The maximum Gasteiger partial charge on any atom is 0.397 e. The zero-order valence-corrected chi connectivity index (χ0v) is 15.3. The van der Waals surface area contributed by atoms with Crippen LogP contribution in [-0.2, 0) is 11.2 Å². The number of hydrogen-bond acceptors (Lipinski definition) is 1. The Labute approximate surface area is 152 Å². The number of halogens is 5. The molecule has 0 radical (unpaired) electrons. The van der Waals surface area contributed by atoms with Crippen LogP contribution in [0.3, 0.4) is 0 Å². The second kappa shape index (κ2) is 11.5. The molecule has 6 heteroatoms. The highest BCUT2D eigenvalue weighted by atomic mass is 19.4. The molecule has 0 aliphatic heterocycles. The predicted octanol–water partition coefficient (Wildman–Crippen LogP) is 7.16. The standard InChI is InChI=1S/C20H29F5O/c1-2-3-4-5-6-8-13-18(14-17-11-9-7-10-12-17)15-26-20(24,25)16-19(21,22)23/h7,9-12,18H,2-6,8,13-16H2,1H3. The second-order valence-electron chi connectivity index (χ2n) is 6.85. The Morgan fingerprint density at radius 3 is 2.12 bits per heavy atom. The number of alkyl halides is 5. The molecule has 0 amide bonds. The van der Waals surface area contributed by atoms with Gasteiger partial charge in [-0.2, -0.15) is 22.0 Å². The molecule has 150 valence electrons. The first-order chi connectivity index (χ1) is 12.2. The molecule has 0 N–H and O–H groups in total. The maximum absolute atomic E-state index is 13.4. The summed E-state index contributed by atoms with van der Waals surface area (Å²) in [5, 5.41) is 0. The third kappa shape index (κ3) is 11.4. The number of rotatable bonds is 13. The fourth-order valence-corrected chi connectivity index (χ4v) is 2.93. The van der Waals surface area contributed by atoms with Gasteiger partial charge in [-0.3, -0.25) is 0 Å². The lowest BCUT2D eigenvalue weighted by molar-refractivity contribution is -0.296. The van der Waals surface area contributed by atoms with Crippen molar-refractivity contribution in [3.8, 4) is 0 Å². The van der Waals surface area contributed by atoms with Crippen LogP contribution >= 0.6 is 0 Å². The van der Waals surface area contributed by atoms with Crippen molar-refractivity contribution in [3.05, 3.63) is 35.9 Å². The lowest BCUT2D eigenvalue weighted by atomic mass is 9.94. The molecule has 0 aliphatic rings. The molecule has 0 bridgehead atoms. The highest BCUT2D eigenvalue weighted by Crippen LogP contribution is 2.33. The average Bonchev–Trinajstić information content (AvgIpc) is 2.54. The van der Waals surface area contributed by atoms with Crippen LogP contribution in [-0.4, -0.2) is 18.9 Å². The van der Waals surface area contributed by atoms with Gasteiger partial charge in [-0.05, 0) is 24.3 Å². The zero-order chi connectivity index (χ0) is 19.5. The van der Waals surface area contributed by atoms with E-state index in [-0.39, 0.29) is 12.5 Å². The van der Waals surface area contributed by atoms with Gasteiger partial charge in [0.05, 0.1) is 6.61 Å². The summed E-state index contributed by atoms with van der Waals surface area (Å²) in [6.07, 6.45) is -3.71. The fourth-order valence-electron chi connectivity index (χ4n) is 2.93. The normalized spacial score (nSPS) is 13.8. The van der Waals surface area contributed by atoms with Gasteiger partial charge >= 0.3 is 12.3 Å². The summed E-state index contributed by atoms with van der Waals surface area (Å²) in [4.78, 5) is 0. The number of hydrogen-bond donors (Lipinski definition) is 0. The molecule has 0 aliphatic carbocycles. The van der Waals surface area contributed by atoms with E-state index in [0.29, 0.717) is 12.8 Å². The lowest BCUT2D eigenvalue weighted by Crippen LogP contribution is -2.31. The van der Waals surface area contributed by atoms with Crippen LogP contribution in [0.1, 0.15) is 63.9 Å². The summed E-state index contributed by atoms with van der Waals surface area (Å²) < 4.78 is 67.8. The van der Waals surface area contributed by atoms with Gasteiger partial charge in [0, 0.05) is 0 Å². The molecule has 0 heterocycles. The van der Waals surface area contributed by atoms with Crippen LogP contribution in [0.25, 0.3) is 0 Å². The molecule has 0 spiro atoms. The van der Waals surface area contributed by atoms with E-state index in [1.54, 1.807) is 0 Å². The maximum atomic E-state index is 13.4. The Kier molecular flexibility index (Phi) is 10.1. The van der Waals surface area contributed by atoms with Gasteiger partial charge in [-0.25, -0.2) is 0 Å². The van der Waals surface area contributed by atoms with Crippen molar-refractivity contribution in [2.24, 2.45) is 5.92 Å². The summed E-state index contributed by atoms with van der Waals surface area (Å²) in [6, 6.07) is 9.36. The Hall–Kier alpha value is -1.17. The van der Waals surface area contributed by atoms with Crippen molar-refractivity contribution in [2.45, 2.75) is 77.0 Å². The van der Waals surface area contributed by atoms with Crippen molar-refractivity contribution in [1.29, 1.82) is 0 Å². The summed E-state index contributed by atoms with van der Waals surface area (Å²) in [7, 11) is 0. The van der Waals surface area contributed by atoms with Crippen molar-refractivity contribution in [3.63, 3.8) is 0 Å². The SMILES string of the molecule is CCCCCCCCC(COC(F)(F)CC(F)(F)F)Cc1ccccc1. The smallest absolute Gasteiger partial charge is 0.320 e. The van der Waals surface area contributed by atoms with E-state index in [0.717, 1.165) is 37.7 Å². The molecule has 1 aromatic rings. The summed E-state index contributed by atoms with van der Waals surface area (Å²) in [5.74, 6) is -0.220. The molecule has 1 nitrogen and oxygen atoms in total. The van der Waals surface area contributed by atoms with E-state index in [1.165, 1.54) is 6.42 Å². The second-order valence-corrected chi connectivity index (χ2v) is 6.85. The lowest BCUT2D eigenvalue weighted by Gasteiger charge is -2.23. The predicted molar refractivity (Wildman–Crippen MR) is 93.2 cm³/mol. The highest BCUT2D eigenvalue weighted by Gasteiger charge is 2.44. The molecule has 1 rings (SSSR count). The first-order valence-corrected chi connectivity index (χ1v) is 9.34. The average molecular weight is 380 g/mol. The zero-order valence-electron chi connectivity index (χ0n) is 15.3. The molecular weight excluding hydrogens is 351 g/mol. The Balaban J connectivity index is 2.51. The molecule has 0 saturated heterocycles. The van der Waals surface area contributed by atoms with Gasteiger partial charge in [0.15, 0.2) is 0 Å². The first kappa shape index (κ1) is 22.9. The van der Waals surface area contributed by atoms with Crippen molar-refractivity contribution < 1.29 is 26.7 Å². The van der Waals surface area contributed by atoms with Crippen LogP contribution in [0.5, 0.6) is 0 Å². The molecule has 1 atom stereocenters. The van der Waals surface area contributed by atoms with E-state index in [2.05, 4.69) is 11.7 Å². The quantitative estimate of drug-likeness (QED) is 0.261. The summed E-state index contributed by atoms with van der Waals surface area (Å²) in [5.41, 5.74) is 0.978. The minimum atomic E-state index is -4.95. The van der Waals surface area contributed by atoms with Crippen LogP contribution in [0.4, 0.5) is 22.0 Å². The summed E-state index contributed by atoms with van der Waals surface area (Å²) in [6.45, 7) is 1.77. The Morgan fingerprint density at radius 2 is 1.50 bits per heavy atom. The fraction of sp³-hybridized carbons (Fsp3) is 0.700. The number of ether oxygens (including phenoxy) is 1. The molecule has 0 aromatic heterocycles. The highest BCUT2D eigenvalue weighted by molar-refractivity contribution is 5.15. The minimum absolute atomic E-state index is 0.220. The summed E-state index contributed by atoms with van der Waals surface area (Å²) >= 11 is 0. The molecule has 0 saturated carbocycles. The molecule has 0 fully saturated rings. The van der Waals surface area contributed by atoms with Crippen LogP contribution in [0, 0.1) is 5.92 Å². The van der Waals surface area contributed by atoms with E-state index in [9.17, 15) is 22.0 Å². The van der Waals surface area contributed by atoms with Gasteiger partial charge in [-0.15, -0.1) is 0 Å². The van der Waals surface area contributed by atoms with Gasteiger partial charge in [-0.1, -0.05) is 75.8 Å². The van der Waals surface area contributed by atoms with Crippen LogP contribution in [0.15, 0.2) is 30.3 Å². The number of unbranched alkanes of at least 4 members (excludes halogenated alkanes) is 5. The van der Waals surface area contributed by atoms with Crippen molar-refractivity contribution in [2.75, 3.05) is 6.61 Å². The van der Waals surface area contributed by atoms with Crippen molar-refractivity contribution in [1.82, 2.24) is 0 Å². The van der Waals surface area contributed by atoms with Gasteiger partial charge in [0.2, 0.25) is 0 Å². The van der Waals surface area contributed by atoms with E-state index in [4.69, 9.17) is 0 Å². The minimum Gasteiger partial charge on any atom is -0.320 e. The van der Waals surface area contributed by atoms with Crippen LogP contribution in [0.2, 0.25) is 0 Å². The third-order valence-corrected chi connectivity index (χ3v) is 4.27. The molecule has 1 unspecified atom stereocenters. The molecular formula is C20H29F5O. The van der Waals surface area contributed by atoms with Gasteiger partial charge in [0.1, 0.15) is 6.42 Å². The monoisotopic (exact) mass is 380 g/mol. The van der Waals surface area contributed by atoms with E-state index in [1.807, 2.05) is 30.3 Å². The molecule has 26 heavy (non-hydrogen) atoms. The Bertz CT molecular complexity index is 473. The third-order valence-electron chi connectivity index (χ3n) is 4.27. The van der Waals surface area contributed by atoms with E-state index >= 15 is 0 Å². The van der Waals surface area contributed by atoms with Crippen LogP contribution < -0.4 is 0 Å². The van der Waals surface area contributed by atoms with Crippen molar-refractivity contribution >= 4 is 0 Å².